The number of carbonyl (C=O) groups excluding carboxylic acids is 1. The van der Waals surface area contributed by atoms with Crippen LogP contribution in [0, 0.1) is 0 Å². The second-order valence-corrected chi connectivity index (χ2v) is 10.5. The molecule has 1 aromatic carbocycles. The van der Waals surface area contributed by atoms with E-state index in [0.29, 0.717) is 43.2 Å². The first-order valence-electron chi connectivity index (χ1n) is 9.90. The highest BCUT2D eigenvalue weighted by molar-refractivity contribution is 7.91. The van der Waals surface area contributed by atoms with E-state index in [-0.39, 0.29) is 24.2 Å². The Morgan fingerprint density at radius 1 is 1.30 bits per heavy atom. The number of aldehydes is 1. The molecule has 0 aliphatic carbocycles. The van der Waals surface area contributed by atoms with Gasteiger partial charge in [0.1, 0.15) is 19.0 Å². The minimum Gasteiger partial charge on any atom is -0.490 e. The highest BCUT2D eigenvalue weighted by atomic mass is 32.2. The quantitative estimate of drug-likeness (QED) is 0.522. The molecule has 0 amide bonds. The summed E-state index contributed by atoms with van der Waals surface area (Å²) in [7, 11) is -3.03. The molecule has 2 aromatic rings. The van der Waals surface area contributed by atoms with Crippen LogP contribution in [0.3, 0.4) is 0 Å². The molecule has 30 heavy (non-hydrogen) atoms. The fourth-order valence-corrected chi connectivity index (χ4v) is 5.99. The van der Waals surface area contributed by atoms with Gasteiger partial charge >= 0.3 is 0 Å². The summed E-state index contributed by atoms with van der Waals surface area (Å²) < 4.78 is 35.2. The van der Waals surface area contributed by atoms with Crippen molar-refractivity contribution >= 4 is 27.5 Å². The summed E-state index contributed by atoms with van der Waals surface area (Å²) in [6.45, 7) is 3.18. The fourth-order valence-electron chi connectivity index (χ4n) is 3.50. The van der Waals surface area contributed by atoms with E-state index < -0.39 is 15.9 Å². The Hall–Kier alpha value is -1.94. The van der Waals surface area contributed by atoms with Gasteiger partial charge in [-0.05, 0) is 43.0 Å². The minimum absolute atomic E-state index is 0.0287. The van der Waals surface area contributed by atoms with Crippen LogP contribution in [0.2, 0.25) is 0 Å². The number of aliphatic hydroxyl groups excluding tert-OH is 1. The zero-order chi connectivity index (χ0) is 21.6. The van der Waals surface area contributed by atoms with Gasteiger partial charge in [-0.15, -0.1) is 11.3 Å². The number of benzene rings is 1. The summed E-state index contributed by atoms with van der Waals surface area (Å²) in [6.07, 6.45) is 0.496. The molecule has 9 heteroatoms. The van der Waals surface area contributed by atoms with Crippen molar-refractivity contribution in [3.63, 3.8) is 0 Å². The van der Waals surface area contributed by atoms with Crippen molar-refractivity contribution in [2.75, 3.05) is 31.3 Å². The van der Waals surface area contributed by atoms with E-state index in [1.165, 1.54) is 0 Å². The third-order valence-corrected chi connectivity index (χ3v) is 7.56. The summed E-state index contributed by atoms with van der Waals surface area (Å²) in [4.78, 5) is 14.1. The zero-order valence-corrected chi connectivity index (χ0v) is 18.5. The van der Waals surface area contributed by atoms with Crippen LogP contribution in [0.1, 0.15) is 28.6 Å². The maximum Gasteiger partial charge on any atom is 0.161 e. The highest BCUT2D eigenvalue weighted by Crippen LogP contribution is 2.28. The molecule has 7 nitrogen and oxygen atoms in total. The van der Waals surface area contributed by atoms with Crippen LogP contribution in [0.4, 0.5) is 0 Å². The van der Waals surface area contributed by atoms with Gasteiger partial charge in [-0.25, -0.2) is 8.42 Å². The van der Waals surface area contributed by atoms with Gasteiger partial charge in [0.2, 0.25) is 0 Å². The first-order chi connectivity index (χ1) is 14.4. The number of hydrogen-bond acceptors (Lipinski definition) is 8. The van der Waals surface area contributed by atoms with Crippen LogP contribution < -0.4 is 9.47 Å². The van der Waals surface area contributed by atoms with Gasteiger partial charge in [-0.3, -0.25) is 9.69 Å². The third-order valence-electron chi connectivity index (χ3n) is 4.94. The molecule has 1 aromatic heterocycles. The molecule has 1 aliphatic heterocycles. The Morgan fingerprint density at radius 3 is 2.77 bits per heavy atom. The molecule has 1 fully saturated rings. The van der Waals surface area contributed by atoms with E-state index in [1.807, 2.05) is 29.3 Å². The number of thiophene rings is 1. The van der Waals surface area contributed by atoms with Crippen molar-refractivity contribution in [3.8, 4) is 11.5 Å². The van der Waals surface area contributed by atoms with Crippen molar-refractivity contribution < 1.29 is 27.8 Å². The van der Waals surface area contributed by atoms with Crippen LogP contribution in [0.25, 0.3) is 0 Å². The lowest BCUT2D eigenvalue weighted by Crippen LogP contribution is -2.42. The lowest BCUT2D eigenvalue weighted by atomic mass is 10.2. The smallest absolute Gasteiger partial charge is 0.161 e. The van der Waals surface area contributed by atoms with Gasteiger partial charge in [-0.1, -0.05) is 6.07 Å². The van der Waals surface area contributed by atoms with Gasteiger partial charge in [0.15, 0.2) is 21.3 Å². The highest BCUT2D eigenvalue weighted by Gasteiger charge is 2.33. The summed E-state index contributed by atoms with van der Waals surface area (Å²) in [6, 6.07) is 8.73. The molecule has 2 unspecified atom stereocenters. The zero-order valence-electron chi connectivity index (χ0n) is 16.9. The van der Waals surface area contributed by atoms with Crippen molar-refractivity contribution in [2.24, 2.45) is 0 Å². The van der Waals surface area contributed by atoms with Crippen LogP contribution >= 0.6 is 11.3 Å². The molecule has 1 saturated heterocycles. The molecule has 1 aliphatic rings. The molecular formula is C21H27NO6S2. The number of rotatable bonds is 11. The minimum atomic E-state index is -3.03. The summed E-state index contributed by atoms with van der Waals surface area (Å²) in [5, 5.41) is 12.6. The second-order valence-electron chi connectivity index (χ2n) is 7.29. The lowest BCUT2D eigenvalue weighted by molar-refractivity contribution is 0.0519. The average Bonchev–Trinajstić information content (AvgIpc) is 3.35. The molecule has 3 rings (SSSR count). The third kappa shape index (κ3) is 6.28. The number of nitrogens with zero attached hydrogens (tertiary/aromatic N) is 1. The van der Waals surface area contributed by atoms with E-state index >= 15 is 0 Å². The van der Waals surface area contributed by atoms with E-state index in [9.17, 15) is 18.3 Å². The molecule has 0 radical (unpaired) electrons. The Kier molecular flexibility index (Phi) is 7.87. The predicted molar refractivity (Wildman–Crippen MR) is 116 cm³/mol. The van der Waals surface area contributed by atoms with Gasteiger partial charge in [0.25, 0.3) is 0 Å². The topological polar surface area (TPSA) is 93.1 Å². The Balaban J connectivity index is 1.64. The molecule has 1 N–H and O–H groups in total. The van der Waals surface area contributed by atoms with E-state index in [0.717, 1.165) is 11.2 Å². The normalized spacial score (nSPS) is 19.0. The number of carbonyl (C=O) groups is 1. The van der Waals surface area contributed by atoms with Gasteiger partial charge < -0.3 is 14.6 Å². The second kappa shape index (κ2) is 10.4. The van der Waals surface area contributed by atoms with E-state index in [2.05, 4.69) is 0 Å². The van der Waals surface area contributed by atoms with Crippen LogP contribution in [-0.4, -0.2) is 68.1 Å². The number of ether oxygens (including phenoxy) is 2. The number of sulfone groups is 1. The predicted octanol–water partition coefficient (Wildman–Crippen LogP) is 2.39. The van der Waals surface area contributed by atoms with Crippen molar-refractivity contribution in [1.82, 2.24) is 4.90 Å². The molecular weight excluding hydrogens is 426 g/mol. The molecule has 2 atom stereocenters. The number of hydrogen-bond donors (Lipinski definition) is 1. The molecule has 0 saturated carbocycles. The van der Waals surface area contributed by atoms with Crippen LogP contribution in [0.5, 0.6) is 11.5 Å². The Labute approximate surface area is 181 Å². The maximum absolute atomic E-state index is 11.9. The Bertz CT molecular complexity index is 929. The summed E-state index contributed by atoms with van der Waals surface area (Å²) in [5.41, 5.74) is 0.482. The maximum atomic E-state index is 11.9. The standard InChI is InChI=1S/C21H27NO6S2/c1-2-27-21-10-16(13-23)5-6-20(21)28-14-18(24)11-22(12-19-4-3-8-29-19)17-7-9-30(25,26)15-17/h3-6,8,10,13,17-18,24H,2,7,9,11-12,14-15H2,1H3. The van der Waals surface area contributed by atoms with Crippen molar-refractivity contribution in [2.45, 2.75) is 32.0 Å². The molecule has 0 bridgehead atoms. The first kappa shape index (κ1) is 22.7. The van der Waals surface area contributed by atoms with Crippen molar-refractivity contribution in [1.29, 1.82) is 0 Å². The summed E-state index contributed by atoms with van der Waals surface area (Å²) >= 11 is 1.61. The SMILES string of the molecule is CCOc1cc(C=O)ccc1OCC(O)CN(Cc1cccs1)C1CCS(=O)(=O)C1. The monoisotopic (exact) mass is 453 g/mol. The largest absolute Gasteiger partial charge is 0.490 e. The van der Waals surface area contributed by atoms with E-state index in [1.54, 1.807) is 29.5 Å². The molecule has 2 heterocycles. The fraction of sp³-hybridized carbons (Fsp3) is 0.476. The average molecular weight is 454 g/mol. The van der Waals surface area contributed by atoms with E-state index in [4.69, 9.17) is 9.47 Å². The van der Waals surface area contributed by atoms with Gasteiger partial charge in [-0.2, -0.15) is 0 Å². The first-order valence-corrected chi connectivity index (χ1v) is 12.6. The Morgan fingerprint density at radius 2 is 2.13 bits per heavy atom. The molecule has 0 spiro atoms. The van der Waals surface area contributed by atoms with Crippen LogP contribution in [-0.2, 0) is 16.4 Å². The van der Waals surface area contributed by atoms with Gasteiger partial charge in [0.05, 0.1) is 18.1 Å². The number of aliphatic hydroxyl groups is 1. The molecule has 164 valence electrons. The lowest BCUT2D eigenvalue weighted by Gasteiger charge is -2.29. The van der Waals surface area contributed by atoms with Gasteiger partial charge in [0, 0.05) is 29.6 Å². The van der Waals surface area contributed by atoms with Crippen LogP contribution in [0.15, 0.2) is 35.7 Å². The van der Waals surface area contributed by atoms with Crippen molar-refractivity contribution in [3.05, 3.63) is 46.2 Å². The summed E-state index contributed by atoms with van der Waals surface area (Å²) in [5.74, 6) is 1.21.